The molecule has 29 heavy (non-hydrogen) atoms. The van der Waals surface area contributed by atoms with E-state index in [4.69, 9.17) is 9.97 Å². The van der Waals surface area contributed by atoms with Crippen molar-refractivity contribution in [3.05, 3.63) is 66.3 Å². The average molecular weight is 389 g/mol. The van der Waals surface area contributed by atoms with Crippen LogP contribution in [0.3, 0.4) is 0 Å². The summed E-state index contributed by atoms with van der Waals surface area (Å²) in [5.74, 6) is 3.05. The average Bonchev–Trinajstić information content (AvgIpc) is 3.47. The van der Waals surface area contributed by atoms with Crippen LogP contribution in [0.25, 0.3) is 0 Å². The first-order valence-corrected chi connectivity index (χ1v) is 10.9. The molecule has 150 valence electrons. The summed E-state index contributed by atoms with van der Waals surface area (Å²) in [5, 5.41) is 0. The first-order valence-electron chi connectivity index (χ1n) is 10.9. The van der Waals surface area contributed by atoms with Crippen molar-refractivity contribution >= 4 is 5.95 Å². The zero-order valence-corrected chi connectivity index (χ0v) is 16.8. The van der Waals surface area contributed by atoms with E-state index in [9.17, 15) is 0 Å². The normalized spacial score (nSPS) is 20.3. The highest BCUT2D eigenvalue weighted by Crippen LogP contribution is 2.34. The number of nitrogens with zero attached hydrogens (tertiary/aromatic N) is 6. The molecule has 0 bridgehead atoms. The van der Waals surface area contributed by atoms with Crippen LogP contribution in [0, 0.1) is 0 Å². The Bertz CT molecular complexity index is 931. The van der Waals surface area contributed by atoms with E-state index in [0.717, 1.165) is 49.9 Å². The van der Waals surface area contributed by atoms with Crippen LogP contribution < -0.4 is 4.90 Å². The molecule has 2 aliphatic rings. The van der Waals surface area contributed by atoms with Crippen LogP contribution in [0.5, 0.6) is 0 Å². The molecule has 1 unspecified atom stereocenters. The molecule has 0 amide bonds. The maximum absolute atomic E-state index is 4.96. The summed E-state index contributed by atoms with van der Waals surface area (Å²) >= 11 is 0. The fourth-order valence-electron chi connectivity index (χ4n) is 4.81. The van der Waals surface area contributed by atoms with E-state index >= 15 is 0 Å². The summed E-state index contributed by atoms with van der Waals surface area (Å²) in [5.41, 5.74) is 2.29. The molecular weight excluding hydrogens is 360 g/mol. The highest BCUT2D eigenvalue weighted by atomic mass is 15.3. The number of aromatic nitrogens is 5. The lowest BCUT2D eigenvalue weighted by molar-refractivity contribution is 0.470. The van der Waals surface area contributed by atoms with Crippen LogP contribution in [-0.4, -0.2) is 37.6 Å². The van der Waals surface area contributed by atoms with Gasteiger partial charge in [-0.2, -0.15) is 0 Å². The van der Waals surface area contributed by atoms with Gasteiger partial charge in [-0.3, -0.25) is 4.98 Å². The highest BCUT2D eigenvalue weighted by molar-refractivity contribution is 5.33. The molecule has 3 aromatic heterocycles. The van der Waals surface area contributed by atoms with E-state index in [1.165, 1.54) is 31.4 Å². The lowest BCUT2D eigenvalue weighted by atomic mass is 9.97. The first-order chi connectivity index (χ1) is 14.4. The Labute approximate surface area is 172 Å². The van der Waals surface area contributed by atoms with Gasteiger partial charge in [-0.1, -0.05) is 18.9 Å². The second-order valence-electron chi connectivity index (χ2n) is 8.28. The molecule has 4 heterocycles. The number of imidazole rings is 1. The third kappa shape index (κ3) is 4.02. The maximum atomic E-state index is 4.96. The van der Waals surface area contributed by atoms with Gasteiger partial charge in [-0.05, 0) is 43.9 Å². The molecular formula is C23H28N6. The number of hydrogen-bond donors (Lipinski definition) is 0. The van der Waals surface area contributed by atoms with Crippen molar-refractivity contribution < 1.29 is 0 Å². The molecule has 0 aromatic carbocycles. The third-order valence-electron chi connectivity index (χ3n) is 6.31. The standard InChI is InChI=1S/C23H28N6/c1-2-7-18(6-1)21-10-12-26-23(27-21)29-14-5-8-19(16-29)22-25-13-15-28(22)17-20-9-3-4-11-24-20/h3-4,9-13,15,18-19H,1-2,5-8,14,16-17H2. The Balaban J connectivity index is 1.33. The van der Waals surface area contributed by atoms with Gasteiger partial charge in [0.25, 0.3) is 0 Å². The smallest absolute Gasteiger partial charge is 0.225 e. The minimum absolute atomic E-state index is 0.390. The highest BCUT2D eigenvalue weighted by Gasteiger charge is 2.27. The minimum Gasteiger partial charge on any atom is -0.340 e. The predicted octanol–water partition coefficient (Wildman–Crippen LogP) is 4.16. The molecule has 6 nitrogen and oxygen atoms in total. The predicted molar refractivity (Wildman–Crippen MR) is 113 cm³/mol. The summed E-state index contributed by atoms with van der Waals surface area (Å²) in [6.45, 7) is 2.71. The van der Waals surface area contributed by atoms with Crippen LogP contribution in [0.2, 0.25) is 0 Å². The summed E-state index contributed by atoms with van der Waals surface area (Å²) in [6.07, 6.45) is 15.3. The summed E-state index contributed by atoms with van der Waals surface area (Å²) in [7, 11) is 0. The van der Waals surface area contributed by atoms with Crippen molar-refractivity contribution in [2.75, 3.05) is 18.0 Å². The molecule has 1 saturated carbocycles. The molecule has 5 rings (SSSR count). The molecule has 0 radical (unpaired) electrons. The van der Waals surface area contributed by atoms with Crippen molar-refractivity contribution in [3.63, 3.8) is 0 Å². The molecule has 2 fully saturated rings. The number of piperidine rings is 1. The molecule has 3 aromatic rings. The van der Waals surface area contributed by atoms with Crippen LogP contribution in [0.4, 0.5) is 5.95 Å². The Morgan fingerprint density at radius 1 is 0.862 bits per heavy atom. The van der Waals surface area contributed by atoms with Crippen LogP contribution in [0.1, 0.15) is 67.6 Å². The lowest BCUT2D eigenvalue weighted by Gasteiger charge is -2.33. The van der Waals surface area contributed by atoms with Crippen molar-refractivity contribution in [3.8, 4) is 0 Å². The van der Waals surface area contributed by atoms with Gasteiger partial charge in [0, 0.05) is 55.4 Å². The second kappa shape index (κ2) is 8.31. The van der Waals surface area contributed by atoms with Crippen LogP contribution in [-0.2, 0) is 6.54 Å². The Kier molecular flexibility index (Phi) is 5.24. The largest absolute Gasteiger partial charge is 0.340 e. The quantitative estimate of drug-likeness (QED) is 0.657. The fourth-order valence-corrected chi connectivity index (χ4v) is 4.81. The molecule has 0 N–H and O–H groups in total. The van der Waals surface area contributed by atoms with E-state index in [1.807, 2.05) is 30.7 Å². The second-order valence-corrected chi connectivity index (χ2v) is 8.28. The van der Waals surface area contributed by atoms with Crippen molar-refractivity contribution in [2.45, 2.75) is 56.9 Å². The topological polar surface area (TPSA) is 59.7 Å². The van der Waals surface area contributed by atoms with Gasteiger partial charge in [-0.25, -0.2) is 15.0 Å². The monoisotopic (exact) mass is 388 g/mol. The maximum Gasteiger partial charge on any atom is 0.225 e. The Morgan fingerprint density at radius 3 is 2.62 bits per heavy atom. The molecule has 0 spiro atoms. The van der Waals surface area contributed by atoms with Gasteiger partial charge >= 0.3 is 0 Å². The summed E-state index contributed by atoms with van der Waals surface area (Å²) in [6, 6.07) is 8.17. The van der Waals surface area contributed by atoms with Gasteiger partial charge < -0.3 is 9.47 Å². The Hall–Kier alpha value is -2.76. The van der Waals surface area contributed by atoms with E-state index < -0.39 is 0 Å². The Morgan fingerprint density at radius 2 is 1.76 bits per heavy atom. The van der Waals surface area contributed by atoms with E-state index in [1.54, 1.807) is 0 Å². The SMILES string of the molecule is c1ccc(Cn2ccnc2C2CCCN(c3nccc(C4CCCC4)n3)C2)nc1. The van der Waals surface area contributed by atoms with Crippen molar-refractivity contribution in [2.24, 2.45) is 0 Å². The van der Waals surface area contributed by atoms with Crippen molar-refractivity contribution in [1.82, 2.24) is 24.5 Å². The first kappa shape index (κ1) is 18.3. The summed E-state index contributed by atoms with van der Waals surface area (Å²) in [4.78, 5) is 21.1. The number of hydrogen-bond acceptors (Lipinski definition) is 5. The van der Waals surface area contributed by atoms with Gasteiger partial charge in [0.15, 0.2) is 0 Å². The fraction of sp³-hybridized carbons (Fsp3) is 0.478. The number of pyridine rings is 1. The zero-order valence-electron chi connectivity index (χ0n) is 16.8. The summed E-state index contributed by atoms with van der Waals surface area (Å²) < 4.78 is 2.24. The van der Waals surface area contributed by atoms with E-state index in [0.29, 0.717) is 11.8 Å². The minimum atomic E-state index is 0.390. The number of rotatable bonds is 5. The van der Waals surface area contributed by atoms with Gasteiger partial charge in [0.2, 0.25) is 5.95 Å². The van der Waals surface area contributed by atoms with Crippen LogP contribution in [0.15, 0.2) is 49.1 Å². The van der Waals surface area contributed by atoms with E-state index in [-0.39, 0.29) is 0 Å². The third-order valence-corrected chi connectivity index (χ3v) is 6.31. The molecule has 1 aliphatic heterocycles. The molecule has 1 saturated heterocycles. The van der Waals surface area contributed by atoms with Crippen molar-refractivity contribution in [1.29, 1.82) is 0 Å². The molecule has 6 heteroatoms. The van der Waals surface area contributed by atoms with Gasteiger partial charge in [-0.15, -0.1) is 0 Å². The van der Waals surface area contributed by atoms with Gasteiger partial charge in [0.05, 0.1) is 12.2 Å². The van der Waals surface area contributed by atoms with Crippen LogP contribution >= 0.6 is 0 Å². The number of anilines is 1. The lowest BCUT2D eigenvalue weighted by Crippen LogP contribution is -2.36. The molecule has 1 aliphatic carbocycles. The molecule has 1 atom stereocenters. The van der Waals surface area contributed by atoms with Gasteiger partial charge in [0.1, 0.15) is 5.82 Å². The zero-order chi connectivity index (χ0) is 19.5. The van der Waals surface area contributed by atoms with E-state index in [2.05, 4.69) is 37.8 Å².